The average molecular weight is 234 g/mol. The van der Waals surface area contributed by atoms with Gasteiger partial charge in [0, 0.05) is 12.0 Å². The predicted molar refractivity (Wildman–Crippen MR) is 65.7 cm³/mol. The molecule has 1 amide bonds. The van der Waals surface area contributed by atoms with Crippen molar-refractivity contribution in [1.29, 1.82) is 0 Å². The van der Waals surface area contributed by atoms with E-state index in [-0.39, 0.29) is 11.9 Å². The Labute approximate surface area is 101 Å². The summed E-state index contributed by atoms with van der Waals surface area (Å²) in [5.41, 5.74) is 6.75. The van der Waals surface area contributed by atoms with Crippen LogP contribution in [0, 0.1) is 0 Å². The Morgan fingerprint density at radius 2 is 2.35 bits per heavy atom. The molecule has 0 radical (unpaired) electrons. The Bertz CT molecular complexity index is 406. The number of rotatable bonds is 3. The van der Waals surface area contributed by atoms with Crippen molar-refractivity contribution in [2.45, 2.75) is 31.8 Å². The van der Waals surface area contributed by atoms with Crippen molar-refractivity contribution in [3.05, 3.63) is 29.8 Å². The molecule has 1 unspecified atom stereocenters. The fourth-order valence-corrected chi connectivity index (χ4v) is 1.96. The minimum Gasteiger partial charge on any atom is -0.493 e. The summed E-state index contributed by atoms with van der Waals surface area (Å²) in [4.78, 5) is 11.8. The molecule has 1 aliphatic heterocycles. The molecule has 4 heteroatoms. The van der Waals surface area contributed by atoms with Gasteiger partial charge in [-0.15, -0.1) is 0 Å². The third-order valence-electron chi connectivity index (χ3n) is 3.05. The van der Waals surface area contributed by atoms with E-state index in [9.17, 15) is 4.79 Å². The molecule has 3 N–H and O–H groups in total. The normalized spacial score (nSPS) is 20.0. The summed E-state index contributed by atoms with van der Waals surface area (Å²) in [6, 6.07) is 7.38. The van der Waals surface area contributed by atoms with Crippen molar-refractivity contribution in [2.75, 3.05) is 6.61 Å². The van der Waals surface area contributed by atoms with Crippen LogP contribution >= 0.6 is 0 Å². The predicted octanol–water partition coefficient (Wildman–Crippen LogP) is 1.36. The van der Waals surface area contributed by atoms with Gasteiger partial charge in [-0.05, 0) is 12.5 Å². The Hall–Kier alpha value is -1.55. The van der Waals surface area contributed by atoms with E-state index >= 15 is 0 Å². The number of nitrogens with one attached hydrogen (secondary N) is 1. The molecule has 1 heterocycles. The Balaban J connectivity index is 2.11. The number of amides is 1. The fourth-order valence-electron chi connectivity index (χ4n) is 1.96. The van der Waals surface area contributed by atoms with Crippen molar-refractivity contribution in [3.8, 4) is 5.75 Å². The Morgan fingerprint density at radius 3 is 3.12 bits per heavy atom. The fraction of sp³-hybridized carbons (Fsp3) is 0.462. The van der Waals surface area contributed by atoms with Crippen LogP contribution in [0.25, 0.3) is 0 Å². The van der Waals surface area contributed by atoms with Gasteiger partial charge in [0.1, 0.15) is 5.75 Å². The van der Waals surface area contributed by atoms with E-state index in [0.29, 0.717) is 13.0 Å². The second-order valence-electron chi connectivity index (χ2n) is 4.25. The molecule has 0 aromatic heterocycles. The summed E-state index contributed by atoms with van der Waals surface area (Å²) in [7, 11) is 0. The van der Waals surface area contributed by atoms with Gasteiger partial charge in [-0.2, -0.15) is 0 Å². The van der Waals surface area contributed by atoms with Crippen LogP contribution in [0.2, 0.25) is 0 Å². The van der Waals surface area contributed by atoms with E-state index in [1.165, 1.54) is 0 Å². The van der Waals surface area contributed by atoms with Crippen molar-refractivity contribution in [2.24, 2.45) is 5.73 Å². The van der Waals surface area contributed by atoms with Gasteiger partial charge in [0.2, 0.25) is 5.91 Å². The number of carbonyl (C=O) groups excluding carboxylic acids is 1. The van der Waals surface area contributed by atoms with Gasteiger partial charge >= 0.3 is 0 Å². The molecule has 2 rings (SSSR count). The van der Waals surface area contributed by atoms with Crippen LogP contribution in [0.15, 0.2) is 24.3 Å². The highest BCUT2D eigenvalue weighted by atomic mass is 16.5. The summed E-state index contributed by atoms with van der Waals surface area (Å²) < 4.78 is 5.54. The maximum Gasteiger partial charge on any atom is 0.237 e. The number of nitrogens with two attached hydrogens (primary N) is 1. The first-order valence-corrected chi connectivity index (χ1v) is 6.00. The molecule has 4 nitrogen and oxygen atoms in total. The summed E-state index contributed by atoms with van der Waals surface area (Å²) in [6.45, 7) is 2.53. The zero-order valence-corrected chi connectivity index (χ0v) is 9.98. The lowest BCUT2D eigenvalue weighted by Crippen LogP contribution is -2.42. The topological polar surface area (TPSA) is 64.4 Å². The molecule has 0 fully saturated rings. The minimum absolute atomic E-state index is 0.0186. The largest absolute Gasteiger partial charge is 0.493 e. The van der Waals surface area contributed by atoms with Crippen molar-refractivity contribution >= 4 is 5.91 Å². The van der Waals surface area contributed by atoms with Gasteiger partial charge in [-0.1, -0.05) is 25.1 Å². The zero-order valence-electron chi connectivity index (χ0n) is 9.98. The number of hydrogen-bond acceptors (Lipinski definition) is 3. The van der Waals surface area contributed by atoms with Gasteiger partial charge in [0.15, 0.2) is 0 Å². The molecule has 1 aliphatic rings. The van der Waals surface area contributed by atoms with E-state index in [1.807, 2.05) is 31.2 Å². The maximum atomic E-state index is 11.8. The van der Waals surface area contributed by atoms with E-state index in [1.54, 1.807) is 0 Å². The molecule has 0 bridgehead atoms. The molecule has 0 spiro atoms. The van der Waals surface area contributed by atoms with Crippen LogP contribution in [0.1, 0.15) is 31.4 Å². The van der Waals surface area contributed by atoms with Crippen LogP contribution < -0.4 is 15.8 Å². The van der Waals surface area contributed by atoms with Gasteiger partial charge in [0.05, 0.1) is 18.7 Å². The first-order valence-electron chi connectivity index (χ1n) is 6.00. The molecular weight excluding hydrogens is 216 g/mol. The molecule has 17 heavy (non-hydrogen) atoms. The number of fused-ring (bicyclic) bond motifs is 1. The van der Waals surface area contributed by atoms with Crippen molar-refractivity contribution in [3.63, 3.8) is 0 Å². The van der Waals surface area contributed by atoms with Crippen LogP contribution in [0.3, 0.4) is 0 Å². The minimum atomic E-state index is -0.426. The quantitative estimate of drug-likeness (QED) is 0.830. The Morgan fingerprint density at radius 1 is 1.59 bits per heavy atom. The van der Waals surface area contributed by atoms with Crippen molar-refractivity contribution in [1.82, 2.24) is 5.32 Å². The second kappa shape index (κ2) is 5.19. The zero-order chi connectivity index (χ0) is 12.3. The van der Waals surface area contributed by atoms with Gasteiger partial charge in [0.25, 0.3) is 0 Å². The standard InChI is InChI=1S/C13H18N2O2/c1-2-10(14)13(16)15-11-7-8-17-12-6-4-3-5-9(11)12/h3-6,10-11H,2,7-8,14H2,1H3,(H,15,16)/t10-,11?/m0/s1. The Kier molecular flexibility index (Phi) is 3.64. The number of para-hydroxylation sites is 1. The highest BCUT2D eigenvalue weighted by Crippen LogP contribution is 2.31. The third kappa shape index (κ3) is 2.58. The lowest BCUT2D eigenvalue weighted by atomic mass is 10.00. The average Bonchev–Trinajstić information content (AvgIpc) is 2.38. The van der Waals surface area contributed by atoms with Gasteiger partial charge in [-0.25, -0.2) is 0 Å². The maximum absolute atomic E-state index is 11.8. The number of carbonyl (C=O) groups is 1. The van der Waals surface area contributed by atoms with Gasteiger partial charge < -0.3 is 15.8 Å². The van der Waals surface area contributed by atoms with E-state index in [4.69, 9.17) is 10.5 Å². The number of ether oxygens (including phenoxy) is 1. The lowest BCUT2D eigenvalue weighted by Gasteiger charge is -2.27. The van der Waals surface area contributed by atoms with E-state index in [2.05, 4.69) is 5.32 Å². The lowest BCUT2D eigenvalue weighted by molar-refractivity contribution is -0.123. The molecule has 1 aromatic carbocycles. The summed E-state index contributed by atoms with van der Waals surface area (Å²) in [5.74, 6) is 0.767. The van der Waals surface area contributed by atoms with Gasteiger partial charge in [-0.3, -0.25) is 4.79 Å². The molecular formula is C13H18N2O2. The summed E-state index contributed by atoms with van der Waals surface area (Å²) in [6.07, 6.45) is 1.44. The monoisotopic (exact) mass is 234 g/mol. The number of hydrogen-bond donors (Lipinski definition) is 2. The van der Waals surface area contributed by atoms with Crippen molar-refractivity contribution < 1.29 is 9.53 Å². The molecule has 0 saturated heterocycles. The molecule has 0 aliphatic carbocycles. The summed E-state index contributed by atoms with van der Waals surface area (Å²) in [5, 5.41) is 2.98. The number of benzene rings is 1. The molecule has 1 aromatic rings. The molecule has 92 valence electrons. The van der Waals surface area contributed by atoms with Crippen LogP contribution in [0.4, 0.5) is 0 Å². The second-order valence-corrected chi connectivity index (χ2v) is 4.25. The third-order valence-corrected chi connectivity index (χ3v) is 3.05. The van der Waals surface area contributed by atoms with E-state index in [0.717, 1.165) is 17.7 Å². The molecule has 0 saturated carbocycles. The first kappa shape index (κ1) is 11.9. The van der Waals surface area contributed by atoms with E-state index < -0.39 is 6.04 Å². The molecule has 2 atom stereocenters. The highest BCUT2D eigenvalue weighted by molar-refractivity contribution is 5.81. The summed E-state index contributed by atoms with van der Waals surface area (Å²) >= 11 is 0. The smallest absolute Gasteiger partial charge is 0.237 e. The van der Waals surface area contributed by atoms with Crippen LogP contribution in [-0.2, 0) is 4.79 Å². The van der Waals surface area contributed by atoms with Crippen LogP contribution in [0.5, 0.6) is 5.75 Å². The van der Waals surface area contributed by atoms with Crippen LogP contribution in [-0.4, -0.2) is 18.6 Å². The SMILES string of the molecule is CC[C@H](N)C(=O)NC1CCOc2ccccc21. The first-order chi connectivity index (χ1) is 8.22. The highest BCUT2D eigenvalue weighted by Gasteiger charge is 2.23.